The molecule has 0 saturated carbocycles. The van der Waals surface area contributed by atoms with E-state index in [4.69, 9.17) is 10.5 Å². The Morgan fingerprint density at radius 3 is 2.59 bits per heavy atom. The van der Waals surface area contributed by atoms with Crippen LogP contribution >= 0.6 is 0 Å². The van der Waals surface area contributed by atoms with Crippen LogP contribution in [0.4, 0.5) is 24.7 Å². The predicted molar refractivity (Wildman–Crippen MR) is 140 cm³/mol. The van der Waals surface area contributed by atoms with E-state index >= 15 is 0 Å². The fourth-order valence-corrected chi connectivity index (χ4v) is 4.86. The summed E-state index contributed by atoms with van der Waals surface area (Å²) in [5.74, 6) is -3.24. The third-order valence-corrected chi connectivity index (χ3v) is 6.71. The summed E-state index contributed by atoms with van der Waals surface area (Å²) in [5, 5.41) is 4.25. The Kier molecular flexibility index (Phi) is 6.43. The number of allylic oxidation sites excluding steroid dienone is 1. The van der Waals surface area contributed by atoms with Crippen molar-refractivity contribution in [1.29, 1.82) is 0 Å². The van der Waals surface area contributed by atoms with E-state index in [-0.39, 0.29) is 35.0 Å². The average Bonchev–Trinajstić information content (AvgIpc) is 3.44. The number of benzene rings is 3. The zero-order valence-corrected chi connectivity index (χ0v) is 21.4. The number of halogens is 3. The Balaban J connectivity index is 1.39. The normalized spacial score (nSPS) is 12.7. The second kappa shape index (κ2) is 9.62. The molecule has 0 spiro atoms. The maximum Gasteiger partial charge on any atom is 0.229 e. The summed E-state index contributed by atoms with van der Waals surface area (Å²) in [4.78, 5) is 13.3. The Morgan fingerprint density at radius 2 is 1.87 bits per heavy atom. The van der Waals surface area contributed by atoms with Crippen molar-refractivity contribution in [2.45, 2.75) is 13.3 Å². The fourth-order valence-electron chi connectivity index (χ4n) is 4.30. The summed E-state index contributed by atoms with van der Waals surface area (Å²) in [6.07, 6.45) is 3.93. The fraction of sp³-hybridized carbons (Fsp3) is 0.111. The number of nitrogens with two attached hydrogens (primary N) is 1. The van der Waals surface area contributed by atoms with Crippen LogP contribution in [-0.2, 0) is 16.4 Å². The number of Topliss-reactive ketones (excluding diaryl/α,β-unsaturated/α-hetero) is 1. The number of sulfonamides is 1. The molecular formula is C27H21F3N4O4S. The molecule has 5 rings (SSSR count). The first kappa shape index (κ1) is 26.0. The number of nitrogens with one attached hydrogen (secondary N) is 1. The summed E-state index contributed by atoms with van der Waals surface area (Å²) < 4.78 is 73.8. The van der Waals surface area contributed by atoms with Gasteiger partial charge >= 0.3 is 0 Å². The molecule has 0 bridgehead atoms. The van der Waals surface area contributed by atoms with E-state index in [2.05, 4.69) is 9.82 Å². The lowest BCUT2D eigenvalue weighted by molar-refractivity contribution is 0.103. The molecule has 3 aromatic carbocycles. The van der Waals surface area contributed by atoms with E-state index in [0.29, 0.717) is 28.0 Å². The maximum absolute atomic E-state index is 14.4. The molecule has 1 aromatic heterocycles. The van der Waals surface area contributed by atoms with Gasteiger partial charge in [0.05, 0.1) is 29.4 Å². The first-order valence-corrected chi connectivity index (χ1v) is 13.4. The van der Waals surface area contributed by atoms with E-state index in [9.17, 15) is 26.4 Å². The van der Waals surface area contributed by atoms with E-state index in [1.54, 1.807) is 25.1 Å². The van der Waals surface area contributed by atoms with E-state index < -0.39 is 33.3 Å². The SMILES string of the molecule is Cc1cc(Oc2cccc(F)c2F)ccc1-n1ncc(C(=O)C2=Cc3cc(NS(C)(=O)=O)c(F)cc3C2)c1N. The Labute approximate surface area is 221 Å². The van der Waals surface area contributed by atoms with Crippen molar-refractivity contribution in [2.75, 3.05) is 16.7 Å². The van der Waals surface area contributed by atoms with Crippen LogP contribution in [0, 0.1) is 24.4 Å². The number of aryl methyl sites for hydroxylation is 1. The molecule has 39 heavy (non-hydrogen) atoms. The van der Waals surface area contributed by atoms with Crippen LogP contribution in [0.15, 0.2) is 60.3 Å². The minimum Gasteiger partial charge on any atom is -0.454 e. The van der Waals surface area contributed by atoms with Gasteiger partial charge in [-0.05, 0) is 72.2 Å². The molecule has 8 nitrogen and oxygen atoms in total. The molecule has 0 amide bonds. The quantitative estimate of drug-likeness (QED) is 0.305. The maximum atomic E-state index is 14.4. The van der Waals surface area contributed by atoms with Crippen LogP contribution in [0.1, 0.15) is 27.0 Å². The number of aromatic nitrogens is 2. The van der Waals surface area contributed by atoms with E-state index in [0.717, 1.165) is 12.3 Å². The number of anilines is 2. The minimum atomic E-state index is -3.69. The van der Waals surface area contributed by atoms with Gasteiger partial charge in [0, 0.05) is 12.0 Å². The second-order valence-electron chi connectivity index (χ2n) is 9.04. The zero-order chi connectivity index (χ0) is 28.1. The van der Waals surface area contributed by atoms with Crippen LogP contribution < -0.4 is 15.2 Å². The lowest BCUT2D eigenvalue weighted by atomic mass is 10.0. The zero-order valence-electron chi connectivity index (χ0n) is 20.6. The van der Waals surface area contributed by atoms with Gasteiger partial charge in [0.25, 0.3) is 0 Å². The second-order valence-corrected chi connectivity index (χ2v) is 10.8. The highest BCUT2D eigenvalue weighted by Crippen LogP contribution is 2.34. The standard InChI is InChI=1S/C27H21F3N4O4S/c1-14-8-18(38-24-5-3-4-20(28)25(24)30)6-7-23(14)34-27(31)19(13-32-34)26(35)17-9-15-11-21(29)22(12-16(15)10-17)33-39(2,36)37/h3-8,10-13,33H,9,31H2,1-2H3. The van der Waals surface area contributed by atoms with Gasteiger partial charge < -0.3 is 10.5 Å². The smallest absolute Gasteiger partial charge is 0.229 e. The molecule has 4 aromatic rings. The number of hydrogen-bond acceptors (Lipinski definition) is 6. The van der Waals surface area contributed by atoms with Gasteiger partial charge in [-0.3, -0.25) is 9.52 Å². The highest BCUT2D eigenvalue weighted by atomic mass is 32.2. The molecule has 12 heteroatoms. The molecule has 0 fully saturated rings. The highest BCUT2D eigenvalue weighted by molar-refractivity contribution is 7.92. The van der Waals surface area contributed by atoms with Crippen molar-refractivity contribution in [1.82, 2.24) is 9.78 Å². The number of ether oxygens (including phenoxy) is 1. The molecular weight excluding hydrogens is 533 g/mol. The number of nitrogen functional groups attached to an aromatic ring is 1. The molecule has 1 aliphatic rings. The summed E-state index contributed by atoms with van der Waals surface area (Å²) >= 11 is 0. The lowest BCUT2D eigenvalue weighted by Gasteiger charge is -2.12. The third-order valence-electron chi connectivity index (χ3n) is 6.12. The largest absolute Gasteiger partial charge is 0.454 e. The Bertz CT molecular complexity index is 1800. The minimum absolute atomic E-state index is 0.0652. The van der Waals surface area contributed by atoms with Crippen LogP contribution in [-0.4, -0.2) is 30.2 Å². The third kappa shape index (κ3) is 5.10. The van der Waals surface area contributed by atoms with Crippen molar-refractivity contribution < 1.29 is 31.1 Å². The van der Waals surface area contributed by atoms with Gasteiger partial charge in [-0.1, -0.05) is 6.07 Å². The predicted octanol–water partition coefficient (Wildman–Crippen LogP) is 5.17. The molecule has 0 aliphatic heterocycles. The van der Waals surface area contributed by atoms with Crippen molar-refractivity contribution >= 4 is 33.4 Å². The molecule has 0 saturated heterocycles. The van der Waals surface area contributed by atoms with Gasteiger partial charge in [0.2, 0.25) is 15.8 Å². The molecule has 0 unspecified atom stereocenters. The van der Waals surface area contributed by atoms with E-state index in [1.807, 2.05) is 0 Å². The Hall–Kier alpha value is -4.58. The van der Waals surface area contributed by atoms with Crippen LogP contribution in [0.25, 0.3) is 11.8 Å². The number of rotatable bonds is 7. The van der Waals surface area contributed by atoms with Gasteiger partial charge in [-0.25, -0.2) is 21.9 Å². The molecule has 3 N–H and O–H groups in total. The summed E-state index contributed by atoms with van der Waals surface area (Å²) in [7, 11) is -3.69. The molecule has 1 heterocycles. The van der Waals surface area contributed by atoms with Crippen molar-refractivity contribution in [2.24, 2.45) is 0 Å². The topological polar surface area (TPSA) is 116 Å². The van der Waals surface area contributed by atoms with Crippen LogP contribution in [0.5, 0.6) is 11.5 Å². The Morgan fingerprint density at radius 1 is 1.10 bits per heavy atom. The first-order chi connectivity index (χ1) is 18.4. The van der Waals surface area contributed by atoms with Gasteiger partial charge in [0.15, 0.2) is 17.3 Å². The molecule has 0 radical (unpaired) electrons. The molecule has 1 aliphatic carbocycles. The van der Waals surface area contributed by atoms with Crippen molar-refractivity contribution in [3.05, 3.63) is 100 Å². The van der Waals surface area contributed by atoms with Gasteiger partial charge in [-0.15, -0.1) is 0 Å². The van der Waals surface area contributed by atoms with Crippen LogP contribution in [0.3, 0.4) is 0 Å². The summed E-state index contributed by atoms with van der Waals surface area (Å²) in [6, 6.07) is 10.9. The number of fused-ring (bicyclic) bond motifs is 1. The number of hydrogen-bond donors (Lipinski definition) is 2. The van der Waals surface area contributed by atoms with Gasteiger partial charge in [0.1, 0.15) is 17.4 Å². The van der Waals surface area contributed by atoms with Gasteiger partial charge in [-0.2, -0.15) is 9.49 Å². The van der Waals surface area contributed by atoms with Crippen LogP contribution in [0.2, 0.25) is 0 Å². The highest BCUT2D eigenvalue weighted by Gasteiger charge is 2.26. The van der Waals surface area contributed by atoms with Crippen molar-refractivity contribution in [3.63, 3.8) is 0 Å². The number of nitrogens with zero attached hydrogens (tertiary/aromatic N) is 2. The molecule has 200 valence electrons. The first-order valence-electron chi connectivity index (χ1n) is 11.5. The summed E-state index contributed by atoms with van der Waals surface area (Å²) in [5.41, 5.74) is 8.74. The van der Waals surface area contributed by atoms with Crippen molar-refractivity contribution in [3.8, 4) is 17.2 Å². The summed E-state index contributed by atoms with van der Waals surface area (Å²) in [6.45, 7) is 1.74. The number of ketones is 1. The number of carbonyl (C=O) groups is 1. The molecule has 0 atom stereocenters. The lowest BCUT2D eigenvalue weighted by Crippen LogP contribution is -2.11. The number of carbonyl (C=O) groups excluding carboxylic acids is 1. The monoisotopic (exact) mass is 554 g/mol. The average molecular weight is 555 g/mol. The van der Waals surface area contributed by atoms with E-state index in [1.165, 1.54) is 41.2 Å².